The highest BCUT2D eigenvalue weighted by atomic mass is 32.1. The molecule has 4 rings (SSSR count). The number of benzene rings is 1. The van der Waals surface area contributed by atoms with Crippen molar-refractivity contribution in [1.29, 1.82) is 5.26 Å². The first-order valence-corrected chi connectivity index (χ1v) is 9.61. The summed E-state index contributed by atoms with van der Waals surface area (Å²) in [5.41, 5.74) is 3.42. The van der Waals surface area contributed by atoms with E-state index >= 15 is 0 Å². The van der Waals surface area contributed by atoms with Gasteiger partial charge in [0.1, 0.15) is 10.9 Å². The van der Waals surface area contributed by atoms with Crippen LogP contribution in [0.25, 0.3) is 21.9 Å². The van der Waals surface area contributed by atoms with Gasteiger partial charge in [-0.1, -0.05) is 31.2 Å². The molecule has 130 valence electrons. The first-order valence-electron chi connectivity index (χ1n) is 8.79. The predicted molar refractivity (Wildman–Crippen MR) is 106 cm³/mol. The highest BCUT2D eigenvalue weighted by molar-refractivity contribution is 7.18. The molecule has 1 aliphatic rings. The maximum absolute atomic E-state index is 12.7. The first-order chi connectivity index (χ1) is 12.6. The Kier molecular flexibility index (Phi) is 4.21. The van der Waals surface area contributed by atoms with Gasteiger partial charge in [0, 0.05) is 4.88 Å². The van der Waals surface area contributed by atoms with E-state index in [1.165, 1.54) is 4.88 Å². The van der Waals surface area contributed by atoms with Gasteiger partial charge in [0.15, 0.2) is 5.82 Å². The van der Waals surface area contributed by atoms with E-state index in [1.807, 2.05) is 31.2 Å². The van der Waals surface area contributed by atoms with Crippen molar-refractivity contribution < 1.29 is 0 Å². The minimum Gasteiger partial charge on any atom is -0.305 e. The average molecular weight is 361 g/mol. The van der Waals surface area contributed by atoms with Crippen LogP contribution in [0.15, 0.2) is 29.1 Å². The molecule has 4 nitrogen and oxygen atoms in total. The largest absolute Gasteiger partial charge is 0.305 e. The average Bonchev–Trinajstić information content (AvgIpc) is 2.98. The topological polar surface area (TPSA) is 69.5 Å². The second kappa shape index (κ2) is 6.54. The first kappa shape index (κ1) is 16.7. The summed E-state index contributed by atoms with van der Waals surface area (Å²) >= 11 is 1.60. The van der Waals surface area contributed by atoms with Crippen LogP contribution in [-0.4, -0.2) is 9.97 Å². The molecule has 0 amide bonds. The van der Waals surface area contributed by atoms with E-state index < -0.39 is 0 Å². The molecule has 0 bridgehead atoms. The molecule has 0 radical (unpaired) electrons. The fourth-order valence-corrected chi connectivity index (χ4v) is 4.92. The fourth-order valence-electron chi connectivity index (χ4n) is 3.53. The van der Waals surface area contributed by atoms with Crippen molar-refractivity contribution in [2.24, 2.45) is 5.92 Å². The highest BCUT2D eigenvalue weighted by Crippen LogP contribution is 2.35. The maximum atomic E-state index is 12.7. The predicted octanol–water partition coefficient (Wildman–Crippen LogP) is 4.48. The van der Waals surface area contributed by atoms with Crippen LogP contribution >= 0.6 is 11.3 Å². The summed E-state index contributed by atoms with van der Waals surface area (Å²) < 4.78 is 0. The Morgan fingerprint density at radius 1 is 1.42 bits per heavy atom. The lowest BCUT2D eigenvalue weighted by Crippen LogP contribution is -2.14. The molecule has 2 heterocycles. The van der Waals surface area contributed by atoms with Gasteiger partial charge in [0.25, 0.3) is 5.56 Å². The summed E-state index contributed by atoms with van der Waals surface area (Å²) in [5, 5.41) is 10.3. The number of hydrogen-bond acceptors (Lipinski definition) is 4. The Morgan fingerprint density at radius 2 is 2.23 bits per heavy atom. The number of allylic oxidation sites excluding steroid dienone is 1. The SMILES string of the molecule is Cc1ccccc1/C=C(\C#N)c1nc2sc3c(c2c(=O)[nH]1)CC[C@@H](C)C3. The van der Waals surface area contributed by atoms with Gasteiger partial charge in [-0.25, -0.2) is 4.98 Å². The van der Waals surface area contributed by atoms with Gasteiger partial charge in [-0.2, -0.15) is 5.26 Å². The summed E-state index contributed by atoms with van der Waals surface area (Å²) in [6.45, 7) is 4.24. The van der Waals surface area contributed by atoms with Gasteiger partial charge in [-0.05, 0) is 54.9 Å². The van der Waals surface area contributed by atoms with E-state index in [0.717, 1.165) is 40.8 Å². The Hall–Kier alpha value is -2.71. The summed E-state index contributed by atoms with van der Waals surface area (Å²) in [5.74, 6) is 0.990. The zero-order valence-electron chi connectivity index (χ0n) is 14.8. The number of fused-ring (bicyclic) bond motifs is 3. The summed E-state index contributed by atoms with van der Waals surface area (Å²) in [7, 11) is 0. The fraction of sp³-hybridized carbons (Fsp3) is 0.286. The number of aromatic amines is 1. The number of aromatic nitrogens is 2. The Bertz CT molecular complexity index is 1130. The van der Waals surface area contributed by atoms with Crippen molar-refractivity contribution in [2.75, 3.05) is 0 Å². The molecule has 1 atom stereocenters. The second-order valence-electron chi connectivity index (χ2n) is 6.97. The third-order valence-corrected chi connectivity index (χ3v) is 6.18. The van der Waals surface area contributed by atoms with Gasteiger partial charge < -0.3 is 4.98 Å². The van der Waals surface area contributed by atoms with E-state index in [1.54, 1.807) is 17.4 Å². The quantitative estimate of drug-likeness (QED) is 0.684. The number of nitriles is 1. The number of nitrogens with one attached hydrogen (secondary N) is 1. The molecule has 1 aliphatic carbocycles. The molecular formula is C21H19N3OS. The van der Waals surface area contributed by atoms with E-state index in [2.05, 4.69) is 23.0 Å². The molecular weight excluding hydrogens is 342 g/mol. The van der Waals surface area contributed by atoms with Gasteiger partial charge in [0.05, 0.1) is 11.0 Å². The van der Waals surface area contributed by atoms with Crippen LogP contribution in [0.3, 0.4) is 0 Å². The molecule has 0 unspecified atom stereocenters. The molecule has 0 saturated heterocycles. The Balaban J connectivity index is 1.86. The number of hydrogen-bond donors (Lipinski definition) is 1. The van der Waals surface area contributed by atoms with Crippen molar-refractivity contribution in [1.82, 2.24) is 9.97 Å². The van der Waals surface area contributed by atoms with Crippen molar-refractivity contribution in [2.45, 2.75) is 33.1 Å². The van der Waals surface area contributed by atoms with Gasteiger partial charge in [-0.15, -0.1) is 11.3 Å². The molecule has 1 N–H and O–H groups in total. The van der Waals surface area contributed by atoms with E-state index in [9.17, 15) is 10.1 Å². The van der Waals surface area contributed by atoms with Crippen LogP contribution < -0.4 is 5.56 Å². The standard InChI is InChI=1S/C21H19N3OS/c1-12-7-8-16-17(9-12)26-21-18(16)20(25)23-19(24-21)15(11-22)10-14-6-4-3-5-13(14)2/h3-6,10,12H,7-9H2,1-2H3,(H,23,24,25)/b15-10+/t12-/m1/s1. The molecule has 0 aliphatic heterocycles. The summed E-state index contributed by atoms with van der Waals surface area (Å²) in [6.07, 6.45) is 4.84. The molecule has 5 heteroatoms. The molecule has 0 fully saturated rings. The van der Waals surface area contributed by atoms with E-state index in [4.69, 9.17) is 0 Å². The molecule has 26 heavy (non-hydrogen) atoms. The van der Waals surface area contributed by atoms with Crippen LogP contribution in [0.5, 0.6) is 0 Å². The van der Waals surface area contributed by atoms with Crippen LogP contribution in [0.4, 0.5) is 0 Å². The lowest BCUT2D eigenvalue weighted by atomic mass is 9.89. The van der Waals surface area contributed by atoms with Crippen LogP contribution in [-0.2, 0) is 12.8 Å². The summed E-state index contributed by atoms with van der Waals surface area (Å²) in [4.78, 5) is 22.2. The number of aryl methyl sites for hydroxylation is 2. The van der Waals surface area contributed by atoms with Crippen molar-refractivity contribution in [3.05, 3.63) is 62.0 Å². The number of H-pyrrole nitrogens is 1. The van der Waals surface area contributed by atoms with Crippen molar-refractivity contribution >= 4 is 33.2 Å². The third-order valence-electron chi connectivity index (χ3n) is 5.03. The molecule has 0 saturated carbocycles. The van der Waals surface area contributed by atoms with Gasteiger partial charge in [0.2, 0.25) is 0 Å². The lowest BCUT2D eigenvalue weighted by Gasteiger charge is -2.17. The zero-order valence-corrected chi connectivity index (χ0v) is 15.6. The molecule has 0 spiro atoms. The lowest BCUT2D eigenvalue weighted by molar-refractivity contribution is 0.509. The van der Waals surface area contributed by atoms with Crippen LogP contribution in [0, 0.1) is 24.2 Å². The number of rotatable bonds is 2. The second-order valence-corrected chi connectivity index (χ2v) is 8.06. The van der Waals surface area contributed by atoms with Crippen LogP contribution in [0.1, 0.15) is 40.7 Å². The van der Waals surface area contributed by atoms with Crippen molar-refractivity contribution in [3.8, 4) is 6.07 Å². The minimum atomic E-state index is -0.136. The Labute approximate surface area is 155 Å². The molecule has 3 aromatic rings. The monoisotopic (exact) mass is 361 g/mol. The normalized spacial score (nSPS) is 17.1. The van der Waals surface area contributed by atoms with Gasteiger partial charge in [-0.3, -0.25) is 4.79 Å². The van der Waals surface area contributed by atoms with Crippen LogP contribution in [0.2, 0.25) is 0 Å². The van der Waals surface area contributed by atoms with E-state index in [0.29, 0.717) is 22.7 Å². The minimum absolute atomic E-state index is 0.136. The molecule has 1 aromatic carbocycles. The van der Waals surface area contributed by atoms with E-state index in [-0.39, 0.29) is 5.56 Å². The van der Waals surface area contributed by atoms with Crippen molar-refractivity contribution in [3.63, 3.8) is 0 Å². The summed E-state index contributed by atoms with van der Waals surface area (Å²) in [6, 6.07) is 10.0. The third kappa shape index (κ3) is 2.87. The molecule has 2 aromatic heterocycles. The van der Waals surface area contributed by atoms with Gasteiger partial charge >= 0.3 is 0 Å². The number of thiophene rings is 1. The smallest absolute Gasteiger partial charge is 0.260 e. The maximum Gasteiger partial charge on any atom is 0.260 e. The number of nitrogens with zero attached hydrogens (tertiary/aromatic N) is 2. The zero-order chi connectivity index (χ0) is 18.3. The Morgan fingerprint density at radius 3 is 3.00 bits per heavy atom. The highest BCUT2D eigenvalue weighted by Gasteiger charge is 2.23.